The summed E-state index contributed by atoms with van der Waals surface area (Å²) in [4.78, 5) is 11.8. The molecule has 4 nitrogen and oxygen atoms in total. The van der Waals surface area contributed by atoms with Crippen molar-refractivity contribution >= 4 is 15.7 Å². The molecular formula is C18H19F2NO3S. The molecule has 0 aromatic heterocycles. The normalized spacial score (nSPS) is 12.9. The fraction of sp³-hybridized carbons (Fsp3) is 0.278. The maximum atomic E-state index is 12.5. The predicted octanol–water partition coefficient (Wildman–Crippen LogP) is 3.79. The monoisotopic (exact) mass is 367 g/mol. The first-order valence-electron chi connectivity index (χ1n) is 7.63. The van der Waals surface area contributed by atoms with Gasteiger partial charge in [0, 0.05) is 5.56 Å². The van der Waals surface area contributed by atoms with Crippen LogP contribution < -0.4 is 5.32 Å². The number of alkyl halides is 2. The lowest BCUT2D eigenvalue weighted by Crippen LogP contribution is -2.27. The maximum absolute atomic E-state index is 12.5. The van der Waals surface area contributed by atoms with Gasteiger partial charge in [-0.3, -0.25) is 4.79 Å². The Labute approximate surface area is 145 Å². The van der Waals surface area contributed by atoms with Crippen molar-refractivity contribution in [2.75, 3.05) is 0 Å². The van der Waals surface area contributed by atoms with Gasteiger partial charge in [-0.25, -0.2) is 8.42 Å². The van der Waals surface area contributed by atoms with Crippen molar-refractivity contribution in [1.82, 2.24) is 5.32 Å². The summed E-state index contributed by atoms with van der Waals surface area (Å²) in [6.45, 7) is 5.75. The molecule has 1 unspecified atom stereocenters. The molecule has 2 aromatic carbocycles. The minimum absolute atomic E-state index is 0.199. The van der Waals surface area contributed by atoms with Crippen LogP contribution in [-0.4, -0.2) is 20.1 Å². The smallest absolute Gasteiger partial charge is 0.341 e. The van der Waals surface area contributed by atoms with Crippen molar-refractivity contribution in [3.05, 3.63) is 64.7 Å². The van der Waals surface area contributed by atoms with Gasteiger partial charge in [-0.15, -0.1) is 0 Å². The van der Waals surface area contributed by atoms with Crippen LogP contribution in [0.15, 0.2) is 47.4 Å². The van der Waals surface area contributed by atoms with E-state index in [2.05, 4.69) is 5.32 Å². The predicted molar refractivity (Wildman–Crippen MR) is 91.4 cm³/mol. The van der Waals surface area contributed by atoms with Crippen LogP contribution >= 0.6 is 0 Å². The second kappa shape index (κ2) is 7.31. The second-order valence-electron chi connectivity index (χ2n) is 5.89. The van der Waals surface area contributed by atoms with Gasteiger partial charge in [-0.2, -0.15) is 8.78 Å². The Morgan fingerprint density at radius 2 is 1.64 bits per heavy atom. The van der Waals surface area contributed by atoms with Crippen molar-refractivity contribution in [3.8, 4) is 0 Å². The molecule has 2 rings (SSSR count). The molecule has 0 saturated heterocycles. The van der Waals surface area contributed by atoms with E-state index in [-0.39, 0.29) is 11.6 Å². The summed E-state index contributed by atoms with van der Waals surface area (Å²) >= 11 is 0. The van der Waals surface area contributed by atoms with E-state index in [1.165, 1.54) is 12.1 Å². The SMILES string of the molecule is Cc1ccc(C)c(C(C)NC(=O)c2ccc(S(=O)(=O)C(F)F)cc2)c1. The Balaban J connectivity index is 2.17. The molecule has 7 heteroatoms. The van der Waals surface area contributed by atoms with Crippen molar-refractivity contribution < 1.29 is 22.0 Å². The number of hydrogen-bond donors (Lipinski definition) is 1. The number of hydrogen-bond acceptors (Lipinski definition) is 3. The summed E-state index contributed by atoms with van der Waals surface area (Å²) in [5.74, 6) is -3.90. The standard InChI is InChI=1S/C18H19F2NO3S/c1-11-4-5-12(2)16(10-11)13(3)21-17(22)14-6-8-15(9-7-14)25(23,24)18(19)20/h4-10,13,18H,1-3H3,(H,21,22). The topological polar surface area (TPSA) is 63.2 Å². The lowest BCUT2D eigenvalue weighted by atomic mass is 10.00. The molecule has 0 bridgehead atoms. The molecule has 0 aliphatic carbocycles. The fourth-order valence-electron chi connectivity index (χ4n) is 2.48. The zero-order chi connectivity index (χ0) is 18.8. The number of halogens is 2. The number of nitrogens with one attached hydrogen (secondary N) is 1. The molecule has 1 amide bonds. The summed E-state index contributed by atoms with van der Waals surface area (Å²) in [7, 11) is -4.66. The van der Waals surface area contributed by atoms with Crippen LogP contribution in [0.4, 0.5) is 8.78 Å². The van der Waals surface area contributed by atoms with E-state index < -0.39 is 26.4 Å². The Hall–Kier alpha value is -2.28. The van der Waals surface area contributed by atoms with Gasteiger partial charge < -0.3 is 5.32 Å². The lowest BCUT2D eigenvalue weighted by Gasteiger charge is -2.17. The van der Waals surface area contributed by atoms with E-state index in [1.807, 2.05) is 39.0 Å². The molecule has 0 aliphatic rings. The van der Waals surface area contributed by atoms with Crippen LogP contribution in [0.25, 0.3) is 0 Å². The van der Waals surface area contributed by atoms with Gasteiger partial charge in [-0.1, -0.05) is 23.8 Å². The summed E-state index contributed by atoms with van der Waals surface area (Å²) in [6.07, 6.45) is 0. The second-order valence-corrected chi connectivity index (χ2v) is 7.80. The van der Waals surface area contributed by atoms with Crippen molar-refractivity contribution in [3.63, 3.8) is 0 Å². The average Bonchev–Trinajstić information content (AvgIpc) is 2.56. The molecule has 0 saturated carbocycles. The van der Waals surface area contributed by atoms with Crippen molar-refractivity contribution in [2.45, 2.75) is 37.5 Å². The molecule has 134 valence electrons. The highest BCUT2D eigenvalue weighted by Crippen LogP contribution is 2.21. The summed E-state index contributed by atoms with van der Waals surface area (Å²) in [5.41, 5.74) is 3.29. The number of carbonyl (C=O) groups excluding carboxylic acids is 1. The molecule has 2 aromatic rings. The average molecular weight is 367 g/mol. The quantitative estimate of drug-likeness (QED) is 0.874. The van der Waals surface area contributed by atoms with Crippen molar-refractivity contribution in [2.24, 2.45) is 0 Å². The molecule has 0 heterocycles. The summed E-state index contributed by atoms with van der Waals surface area (Å²) < 4.78 is 47.8. The Kier molecular flexibility index (Phi) is 5.57. The lowest BCUT2D eigenvalue weighted by molar-refractivity contribution is 0.0939. The van der Waals surface area contributed by atoms with Gasteiger partial charge in [0.15, 0.2) is 0 Å². The van der Waals surface area contributed by atoms with Crippen LogP contribution in [0.3, 0.4) is 0 Å². The molecule has 0 radical (unpaired) electrons. The highest BCUT2D eigenvalue weighted by Gasteiger charge is 2.26. The minimum Gasteiger partial charge on any atom is -0.346 e. The zero-order valence-electron chi connectivity index (χ0n) is 14.1. The minimum atomic E-state index is -4.66. The molecule has 1 N–H and O–H groups in total. The van der Waals surface area contributed by atoms with E-state index >= 15 is 0 Å². The third-order valence-corrected chi connectivity index (χ3v) is 5.33. The highest BCUT2D eigenvalue weighted by molar-refractivity contribution is 7.91. The van der Waals surface area contributed by atoms with Crippen LogP contribution in [0.1, 0.15) is 40.0 Å². The van der Waals surface area contributed by atoms with Gasteiger partial charge in [-0.05, 0) is 56.2 Å². The number of amides is 1. The number of aryl methyl sites for hydroxylation is 2. The first-order valence-corrected chi connectivity index (χ1v) is 9.17. The molecule has 0 spiro atoms. The van der Waals surface area contributed by atoms with Gasteiger partial charge in [0.05, 0.1) is 10.9 Å². The zero-order valence-corrected chi connectivity index (χ0v) is 14.9. The molecule has 25 heavy (non-hydrogen) atoms. The van der Waals surface area contributed by atoms with Crippen LogP contribution in [-0.2, 0) is 9.84 Å². The van der Waals surface area contributed by atoms with Crippen molar-refractivity contribution in [1.29, 1.82) is 0 Å². The Morgan fingerprint density at radius 1 is 1.04 bits per heavy atom. The third kappa shape index (κ3) is 4.22. The third-order valence-electron chi connectivity index (χ3n) is 3.93. The van der Waals surface area contributed by atoms with Crippen LogP contribution in [0.2, 0.25) is 0 Å². The van der Waals surface area contributed by atoms with E-state index in [4.69, 9.17) is 0 Å². The highest BCUT2D eigenvalue weighted by atomic mass is 32.2. The molecular weight excluding hydrogens is 348 g/mol. The Bertz CT molecular complexity index is 878. The van der Waals surface area contributed by atoms with Crippen LogP contribution in [0.5, 0.6) is 0 Å². The van der Waals surface area contributed by atoms with Gasteiger partial charge >= 0.3 is 5.76 Å². The Morgan fingerprint density at radius 3 is 2.20 bits per heavy atom. The first-order chi connectivity index (χ1) is 11.6. The number of rotatable bonds is 5. The van der Waals surface area contributed by atoms with Crippen LogP contribution in [0, 0.1) is 13.8 Å². The molecule has 0 aliphatic heterocycles. The molecule has 1 atom stereocenters. The fourth-order valence-corrected chi connectivity index (χ4v) is 3.20. The number of carbonyl (C=O) groups is 1. The maximum Gasteiger partial charge on any atom is 0.341 e. The van der Waals surface area contributed by atoms with Gasteiger partial charge in [0.1, 0.15) is 0 Å². The van der Waals surface area contributed by atoms with Gasteiger partial charge in [0.2, 0.25) is 9.84 Å². The number of sulfone groups is 1. The number of benzene rings is 2. The summed E-state index contributed by atoms with van der Waals surface area (Å²) in [6, 6.07) is 10.2. The largest absolute Gasteiger partial charge is 0.346 e. The van der Waals surface area contributed by atoms with E-state index in [0.29, 0.717) is 0 Å². The molecule has 0 fully saturated rings. The van der Waals surface area contributed by atoms with E-state index in [1.54, 1.807) is 0 Å². The van der Waals surface area contributed by atoms with E-state index in [0.717, 1.165) is 28.8 Å². The first kappa shape index (κ1) is 19.1. The summed E-state index contributed by atoms with van der Waals surface area (Å²) in [5, 5.41) is 2.82. The van der Waals surface area contributed by atoms with Gasteiger partial charge in [0.25, 0.3) is 5.91 Å². The van der Waals surface area contributed by atoms with E-state index in [9.17, 15) is 22.0 Å².